The van der Waals surface area contributed by atoms with Gasteiger partial charge < -0.3 is 19.9 Å². The van der Waals surface area contributed by atoms with E-state index in [0.29, 0.717) is 49.2 Å². The molecule has 4 heterocycles. The highest BCUT2D eigenvalue weighted by atomic mass is 19.1. The highest BCUT2D eigenvalue weighted by molar-refractivity contribution is 6.05. The second kappa shape index (κ2) is 10.0. The van der Waals surface area contributed by atoms with E-state index in [-0.39, 0.29) is 17.3 Å². The number of aromatic nitrogens is 3. The summed E-state index contributed by atoms with van der Waals surface area (Å²) in [6.45, 7) is 5.46. The first-order valence-corrected chi connectivity index (χ1v) is 13.7. The molecule has 3 aromatic rings. The van der Waals surface area contributed by atoms with E-state index >= 15 is 4.39 Å². The number of pyridine rings is 1. The fourth-order valence-corrected chi connectivity index (χ4v) is 5.48. The third-order valence-electron chi connectivity index (χ3n) is 7.75. The number of hydrogen-bond donors (Lipinski definition) is 1. The van der Waals surface area contributed by atoms with E-state index in [4.69, 9.17) is 4.74 Å². The lowest BCUT2D eigenvalue weighted by molar-refractivity contribution is 0.406. The standard InChI is InChI=1S/C30H29F2N7O/c1-18-12-21-22(13-18)29(32)24(15-23(21)31)40-30-36-26(35-25-14-20(17-34-25)19-5-6-19)16-28(37-30)39-10-8-38(9-11-39)27-4-2-3-7-33-27/h2-4,7,13-16,19H,5-6,8-12,17H2,1H3,(H,34,35,36,37). The largest absolute Gasteiger partial charge is 0.421 e. The lowest BCUT2D eigenvalue weighted by Crippen LogP contribution is -2.47. The molecule has 7 rings (SSSR count). The maximum Gasteiger partial charge on any atom is 0.326 e. The maximum absolute atomic E-state index is 15.4. The molecule has 0 atom stereocenters. The van der Waals surface area contributed by atoms with Crippen LogP contribution in [0.4, 0.5) is 26.2 Å². The summed E-state index contributed by atoms with van der Waals surface area (Å²) in [6.07, 6.45) is 8.35. The summed E-state index contributed by atoms with van der Waals surface area (Å²) in [4.78, 5) is 22.6. The Balaban J connectivity index is 1.17. The Morgan fingerprint density at radius 2 is 1.77 bits per heavy atom. The van der Waals surface area contributed by atoms with E-state index < -0.39 is 11.6 Å². The van der Waals surface area contributed by atoms with Crippen molar-refractivity contribution in [3.63, 3.8) is 0 Å². The minimum Gasteiger partial charge on any atom is -0.421 e. The maximum atomic E-state index is 15.4. The van der Waals surface area contributed by atoms with Crippen molar-refractivity contribution in [2.75, 3.05) is 47.8 Å². The van der Waals surface area contributed by atoms with E-state index in [9.17, 15) is 4.39 Å². The minimum atomic E-state index is -0.613. The molecule has 40 heavy (non-hydrogen) atoms. The van der Waals surface area contributed by atoms with E-state index in [2.05, 4.69) is 41.1 Å². The molecule has 0 unspecified atom stereocenters. The second-order valence-electron chi connectivity index (χ2n) is 10.7. The SMILES string of the molecule is CC1=Cc2c(F)c(Oc3nc(NC4=NCC(C5CC5)=C4)cc(N4CCN(c5ccccn5)CC4)n3)cc(F)c2C1. The first-order valence-electron chi connectivity index (χ1n) is 13.7. The van der Waals surface area contributed by atoms with Crippen molar-refractivity contribution >= 4 is 29.4 Å². The van der Waals surface area contributed by atoms with Gasteiger partial charge in [0.2, 0.25) is 0 Å². The van der Waals surface area contributed by atoms with Gasteiger partial charge in [-0.3, -0.25) is 4.99 Å². The van der Waals surface area contributed by atoms with E-state index in [1.54, 1.807) is 12.3 Å². The topological polar surface area (TPSA) is 78.8 Å². The highest BCUT2D eigenvalue weighted by Crippen LogP contribution is 2.38. The summed E-state index contributed by atoms with van der Waals surface area (Å²) < 4.78 is 36.0. The Morgan fingerprint density at radius 3 is 2.52 bits per heavy atom. The van der Waals surface area contributed by atoms with Crippen LogP contribution < -0.4 is 19.9 Å². The lowest BCUT2D eigenvalue weighted by Gasteiger charge is -2.36. The molecule has 10 heteroatoms. The van der Waals surface area contributed by atoms with Crippen LogP contribution in [-0.2, 0) is 6.42 Å². The van der Waals surface area contributed by atoms with Crippen molar-refractivity contribution in [2.24, 2.45) is 10.9 Å². The summed E-state index contributed by atoms with van der Waals surface area (Å²) >= 11 is 0. The van der Waals surface area contributed by atoms with Gasteiger partial charge in [-0.15, -0.1) is 0 Å². The summed E-state index contributed by atoms with van der Waals surface area (Å²) in [5.74, 6) is 2.07. The molecule has 2 fully saturated rings. The number of nitrogens with one attached hydrogen (secondary N) is 1. The molecule has 204 valence electrons. The number of fused-ring (bicyclic) bond motifs is 1. The number of benzene rings is 1. The molecule has 1 saturated carbocycles. The van der Waals surface area contributed by atoms with Crippen LogP contribution >= 0.6 is 0 Å². The van der Waals surface area contributed by atoms with Gasteiger partial charge in [-0.05, 0) is 55.9 Å². The molecule has 2 aliphatic carbocycles. The van der Waals surface area contributed by atoms with Crippen molar-refractivity contribution in [1.82, 2.24) is 15.0 Å². The molecule has 1 saturated heterocycles. The highest BCUT2D eigenvalue weighted by Gasteiger charge is 2.29. The van der Waals surface area contributed by atoms with Crippen LogP contribution in [-0.4, -0.2) is 53.5 Å². The third-order valence-corrected chi connectivity index (χ3v) is 7.75. The van der Waals surface area contributed by atoms with Gasteiger partial charge in [0, 0.05) is 55.6 Å². The third kappa shape index (κ3) is 4.89. The van der Waals surface area contributed by atoms with Crippen LogP contribution in [0.1, 0.15) is 30.9 Å². The lowest BCUT2D eigenvalue weighted by atomic mass is 10.1. The number of nitrogens with zero attached hydrogens (tertiary/aromatic N) is 6. The summed E-state index contributed by atoms with van der Waals surface area (Å²) in [6, 6.07) is 8.76. The summed E-state index contributed by atoms with van der Waals surface area (Å²) in [5, 5.41) is 3.29. The van der Waals surface area contributed by atoms with Crippen LogP contribution in [0.3, 0.4) is 0 Å². The van der Waals surface area contributed by atoms with Gasteiger partial charge in [-0.1, -0.05) is 17.7 Å². The molecule has 0 bridgehead atoms. The van der Waals surface area contributed by atoms with E-state index in [1.807, 2.05) is 31.2 Å². The van der Waals surface area contributed by atoms with Gasteiger partial charge in [-0.25, -0.2) is 13.8 Å². The summed E-state index contributed by atoms with van der Waals surface area (Å²) in [7, 11) is 0. The smallest absolute Gasteiger partial charge is 0.326 e. The quantitative estimate of drug-likeness (QED) is 0.448. The van der Waals surface area contributed by atoms with Gasteiger partial charge in [-0.2, -0.15) is 9.97 Å². The fourth-order valence-electron chi connectivity index (χ4n) is 5.48. The molecular formula is C30H29F2N7O. The molecule has 1 N–H and O–H groups in total. The number of rotatable bonds is 6. The van der Waals surface area contributed by atoms with Crippen molar-refractivity contribution < 1.29 is 13.5 Å². The Bertz CT molecular complexity index is 1560. The predicted octanol–water partition coefficient (Wildman–Crippen LogP) is 5.39. The van der Waals surface area contributed by atoms with Crippen LogP contribution in [0.25, 0.3) is 6.08 Å². The monoisotopic (exact) mass is 541 g/mol. The molecule has 0 amide bonds. The normalized spacial score (nSPS) is 18.3. The fraction of sp³-hybridized carbons (Fsp3) is 0.333. The Kier molecular flexibility index (Phi) is 6.17. The number of ether oxygens (including phenoxy) is 1. The second-order valence-corrected chi connectivity index (χ2v) is 10.7. The van der Waals surface area contributed by atoms with Crippen molar-refractivity contribution in [3.8, 4) is 11.8 Å². The molecular weight excluding hydrogens is 512 g/mol. The van der Waals surface area contributed by atoms with Crippen molar-refractivity contribution in [2.45, 2.75) is 26.2 Å². The molecule has 0 radical (unpaired) electrons. The van der Waals surface area contributed by atoms with Crippen LogP contribution in [0.2, 0.25) is 0 Å². The van der Waals surface area contributed by atoms with Gasteiger partial charge in [0.25, 0.3) is 0 Å². The molecule has 1 aromatic carbocycles. The van der Waals surface area contributed by atoms with Gasteiger partial charge >= 0.3 is 6.01 Å². The van der Waals surface area contributed by atoms with Crippen molar-refractivity contribution in [1.29, 1.82) is 0 Å². The first kappa shape index (κ1) is 24.7. The van der Waals surface area contributed by atoms with E-state index in [1.165, 1.54) is 18.4 Å². The first-order chi connectivity index (χ1) is 19.5. The van der Waals surface area contributed by atoms with Crippen LogP contribution in [0.5, 0.6) is 11.8 Å². The molecule has 2 aromatic heterocycles. The zero-order valence-corrected chi connectivity index (χ0v) is 22.2. The van der Waals surface area contributed by atoms with E-state index in [0.717, 1.165) is 36.4 Å². The molecule has 4 aliphatic rings. The van der Waals surface area contributed by atoms with Gasteiger partial charge in [0.05, 0.1) is 6.54 Å². The Morgan fingerprint density at radius 1 is 0.975 bits per heavy atom. The summed E-state index contributed by atoms with van der Waals surface area (Å²) in [5.41, 5.74) is 2.81. The number of piperazine rings is 1. The molecule has 8 nitrogen and oxygen atoms in total. The van der Waals surface area contributed by atoms with Crippen LogP contribution in [0, 0.1) is 17.6 Å². The zero-order valence-electron chi connectivity index (χ0n) is 22.2. The van der Waals surface area contributed by atoms with Crippen LogP contribution in [0.15, 0.2) is 58.7 Å². The average molecular weight is 542 g/mol. The Hall–Kier alpha value is -4.34. The number of amidine groups is 1. The molecule has 2 aliphatic heterocycles. The van der Waals surface area contributed by atoms with Gasteiger partial charge in [0.1, 0.15) is 29.1 Å². The Labute approximate surface area is 231 Å². The molecule has 0 spiro atoms. The number of anilines is 3. The number of allylic oxidation sites excluding steroid dienone is 1. The zero-order chi connectivity index (χ0) is 27.2. The average Bonchev–Trinajstić information content (AvgIpc) is 3.58. The predicted molar refractivity (Wildman–Crippen MR) is 151 cm³/mol. The van der Waals surface area contributed by atoms with Gasteiger partial charge in [0.15, 0.2) is 11.6 Å². The van der Waals surface area contributed by atoms with Crippen molar-refractivity contribution in [3.05, 3.63) is 76.5 Å². The number of halogens is 2. The number of hydrogen-bond acceptors (Lipinski definition) is 8. The minimum absolute atomic E-state index is 0.0610. The number of aliphatic imine (C=N–C) groups is 1.